The Morgan fingerprint density at radius 3 is 2.62 bits per heavy atom. The lowest BCUT2D eigenvalue weighted by Crippen LogP contribution is -2.08. The van der Waals surface area contributed by atoms with Gasteiger partial charge in [0.15, 0.2) is 5.82 Å². The van der Waals surface area contributed by atoms with Crippen LogP contribution in [0, 0.1) is 5.82 Å². The number of anilines is 1. The normalized spacial score (nSPS) is 11.8. The Hall–Kier alpha value is -2.19. The summed E-state index contributed by atoms with van der Waals surface area (Å²) >= 11 is 0. The van der Waals surface area contributed by atoms with Crippen molar-refractivity contribution in [2.45, 2.75) is 32.0 Å². The van der Waals surface area contributed by atoms with Gasteiger partial charge in [-0.05, 0) is 41.5 Å². The number of nitrogens with zero attached hydrogens (tertiary/aromatic N) is 4. The second-order valence-corrected chi connectivity index (χ2v) is 4.53. The number of hydrogen-bond donors (Lipinski definition) is 1. The van der Waals surface area contributed by atoms with Crippen LogP contribution >= 0.6 is 0 Å². The van der Waals surface area contributed by atoms with Crippen molar-refractivity contribution in [3.63, 3.8) is 0 Å². The smallest absolute Gasteiger partial charge is 0.389 e. The van der Waals surface area contributed by atoms with Crippen LogP contribution in [0.15, 0.2) is 18.2 Å². The molecule has 0 amide bonds. The van der Waals surface area contributed by atoms with Crippen molar-refractivity contribution in [1.29, 1.82) is 0 Å². The summed E-state index contributed by atoms with van der Waals surface area (Å²) in [6, 6.07) is 4.12. The highest BCUT2D eigenvalue weighted by Crippen LogP contribution is 2.23. The number of tetrazole rings is 1. The summed E-state index contributed by atoms with van der Waals surface area (Å²) in [5.74, 6) is -0.306. The highest BCUT2D eigenvalue weighted by molar-refractivity contribution is 5.58. The lowest BCUT2D eigenvalue weighted by molar-refractivity contribution is -0.135. The molecule has 0 unspecified atom stereocenters. The predicted octanol–water partition coefficient (Wildman–Crippen LogP) is 2.79. The second-order valence-electron chi connectivity index (χ2n) is 4.53. The van der Waals surface area contributed by atoms with E-state index in [0.29, 0.717) is 11.4 Å². The molecule has 114 valence electrons. The van der Waals surface area contributed by atoms with E-state index in [4.69, 9.17) is 5.73 Å². The fourth-order valence-corrected chi connectivity index (χ4v) is 1.82. The van der Waals surface area contributed by atoms with E-state index in [-0.39, 0.29) is 25.1 Å². The molecule has 2 N–H and O–H groups in total. The highest BCUT2D eigenvalue weighted by atomic mass is 19.4. The molecule has 2 rings (SSSR count). The number of aromatic nitrogens is 4. The van der Waals surface area contributed by atoms with E-state index in [9.17, 15) is 17.6 Å². The van der Waals surface area contributed by atoms with Crippen LogP contribution < -0.4 is 5.73 Å². The van der Waals surface area contributed by atoms with Gasteiger partial charge < -0.3 is 5.73 Å². The molecule has 0 bridgehead atoms. The van der Waals surface area contributed by atoms with Gasteiger partial charge in [-0.15, -0.1) is 5.10 Å². The number of rotatable bonds is 5. The van der Waals surface area contributed by atoms with Crippen LogP contribution in [-0.2, 0) is 6.54 Å². The van der Waals surface area contributed by atoms with Crippen LogP contribution in [-0.4, -0.2) is 26.4 Å². The van der Waals surface area contributed by atoms with E-state index in [1.165, 1.54) is 16.8 Å². The number of alkyl halides is 3. The number of nitrogen functional groups attached to an aromatic ring is 1. The van der Waals surface area contributed by atoms with Gasteiger partial charge in [-0.2, -0.15) is 13.2 Å². The van der Waals surface area contributed by atoms with Gasteiger partial charge in [0.1, 0.15) is 5.82 Å². The largest absolute Gasteiger partial charge is 0.396 e. The van der Waals surface area contributed by atoms with Crippen LogP contribution in [0.5, 0.6) is 0 Å². The van der Waals surface area contributed by atoms with E-state index < -0.39 is 18.4 Å². The van der Waals surface area contributed by atoms with E-state index in [0.717, 1.165) is 0 Å². The predicted molar refractivity (Wildman–Crippen MR) is 67.5 cm³/mol. The van der Waals surface area contributed by atoms with Crippen LogP contribution in [0.25, 0.3) is 11.4 Å². The topological polar surface area (TPSA) is 69.6 Å². The SMILES string of the molecule is Nc1ccc(-c2nnnn2CCCCC(F)(F)F)cc1F. The van der Waals surface area contributed by atoms with Gasteiger partial charge in [-0.25, -0.2) is 9.07 Å². The quantitative estimate of drug-likeness (QED) is 0.524. The number of aryl methyl sites for hydroxylation is 1. The Kier molecular flexibility index (Phi) is 4.39. The second kappa shape index (κ2) is 6.06. The zero-order chi connectivity index (χ0) is 15.5. The average Bonchev–Trinajstić information content (AvgIpc) is 2.85. The molecular formula is C12H13F4N5. The summed E-state index contributed by atoms with van der Waals surface area (Å²) in [4.78, 5) is 0. The van der Waals surface area contributed by atoms with E-state index in [1.807, 2.05) is 0 Å². The summed E-state index contributed by atoms with van der Waals surface area (Å²) < 4.78 is 50.9. The Morgan fingerprint density at radius 1 is 1.19 bits per heavy atom. The molecule has 5 nitrogen and oxygen atoms in total. The van der Waals surface area contributed by atoms with Crippen molar-refractivity contribution in [3.05, 3.63) is 24.0 Å². The first-order valence-corrected chi connectivity index (χ1v) is 6.25. The lowest BCUT2D eigenvalue weighted by atomic mass is 10.2. The molecule has 9 heteroatoms. The third-order valence-electron chi connectivity index (χ3n) is 2.87. The van der Waals surface area contributed by atoms with E-state index in [1.54, 1.807) is 6.07 Å². The molecule has 0 saturated carbocycles. The van der Waals surface area contributed by atoms with Crippen molar-refractivity contribution in [1.82, 2.24) is 20.2 Å². The van der Waals surface area contributed by atoms with Gasteiger partial charge in [0.05, 0.1) is 5.69 Å². The van der Waals surface area contributed by atoms with Crippen LogP contribution in [0.3, 0.4) is 0 Å². The molecule has 1 aromatic heterocycles. The van der Waals surface area contributed by atoms with Gasteiger partial charge in [-0.3, -0.25) is 0 Å². The Labute approximate surface area is 117 Å². The minimum atomic E-state index is -4.16. The number of unbranched alkanes of at least 4 members (excludes halogenated alkanes) is 1. The first kappa shape index (κ1) is 15.2. The minimum Gasteiger partial charge on any atom is -0.396 e. The molecule has 2 aromatic rings. The van der Waals surface area contributed by atoms with E-state index in [2.05, 4.69) is 15.5 Å². The molecule has 0 atom stereocenters. The average molecular weight is 303 g/mol. The van der Waals surface area contributed by atoms with Crippen molar-refractivity contribution in [2.24, 2.45) is 0 Å². The van der Waals surface area contributed by atoms with Crippen molar-refractivity contribution >= 4 is 5.69 Å². The van der Waals surface area contributed by atoms with Gasteiger partial charge in [0.25, 0.3) is 0 Å². The molecule has 1 heterocycles. The standard InChI is InChI=1S/C12H13F4N5/c13-9-7-8(3-4-10(9)17)11-18-19-20-21(11)6-2-1-5-12(14,15)16/h3-4,7H,1-2,5-6,17H2. The van der Waals surface area contributed by atoms with Gasteiger partial charge in [0, 0.05) is 18.5 Å². The third kappa shape index (κ3) is 4.14. The molecule has 0 radical (unpaired) electrons. The van der Waals surface area contributed by atoms with Crippen molar-refractivity contribution in [3.8, 4) is 11.4 Å². The Morgan fingerprint density at radius 2 is 1.95 bits per heavy atom. The molecule has 1 aromatic carbocycles. The fourth-order valence-electron chi connectivity index (χ4n) is 1.82. The Balaban J connectivity index is 2.03. The Bertz CT molecular complexity index is 608. The summed E-state index contributed by atoms with van der Waals surface area (Å²) in [5.41, 5.74) is 5.80. The van der Waals surface area contributed by atoms with Crippen molar-refractivity contribution in [2.75, 3.05) is 5.73 Å². The summed E-state index contributed by atoms with van der Waals surface area (Å²) in [7, 11) is 0. The summed E-state index contributed by atoms with van der Waals surface area (Å²) in [5, 5.41) is 10.9. The first-order chi connectivity index (χ1) is 9.87. The number of halogens is 4. The monoisotopic (exact) mass is 303 g/mol. The maximum atomic E-state index is 13.4. The molecule has 0 fully saturated rings. The van der Waals surface area contributed by atoms with E-state index >= 15 is 0 Å². The van der Waals surface area contributed by atoms with Gasteiger partial charge in [-0.1, -0.05) is 0 Å². The highest BCUT2D eigenvalue weighted by Gasteiger charge is 2.25. The third-order valence-corrected chi connectivity index (χ3v) is 2.87. The molecule has 0 saturated heterocycles. The molecule has 0 aliphatic carbocycles. The van der Waals surface area contributed by atoms with Crippen LogP contribution in [0.4, 0.5) is 23.2 Å². The maximum absolute atomic E-state index is 13.4. The maximum Gasteiger partial charge on any atom is 0.389 e. The number of hydrogen-bond acceptors (Lipinski definition) is 4. The molecule has 21 heavy (non-hydrogen) atoms. The van der Waals surface area contributed by atoms with Gasteiger partial charge in [0.2, 0.25) is 0 Å². The molecule has 0 aliphatic rings. The molecule has 0 spiro atoms. The lowest BCUT2D eigenvalue weighted by Gasteiger charge is -2.07. The van der Waals surface area contributed by atoms with Crippen LogP contribution in [0.1, 0.15) is 19.3 Å². The van der Waals surface area contributed by atoms with Gasteiger partial charge >= 0.3 is 6.18 Å². The molecule has 0 aliphatic heterocycles. The number of nitrogens with two attached hydrogens (primary N) is 1. The molecular weight excluding hydrogens is 290 g/mol. The fraction of sp³-hybridized carbons (Fsp3) is 0.417. The summed E-state index contributed by atoms with van der Waals surface area (Å²) in [6.07, 6.45) is -4.75. The zero-order valence-electron chi connectivity index (χ0n) is 10.9. The zero-order valence-corrected chi connectivity index (χ0v) is 10.9. The first-order valence-electron chi connectivity index (χ1n) is 6.25. The number of benzene rings is 1. The van der Waals surface area contributed by atoms with Crippen molar-refractivity contribution < 1.29 is 17.6 Å². The minimum absolute atomic E-state index is 0.00273. The van der Waals surface area contributed by atoms with Crippen LogP contribution in [0.2, 0.25) is 0 Å². The summed E-state index contributed by atoms with van der Waals surface area (Å²) in [6.45, 7) is 0.227.